The van der Waals surface area contributed by atoms with E-state index in [-0.39, 0.29) is 5.91 Å². The maximum Gasteiger partial charge on any atom is 0.256 e. The van der Waals surface area contributed by atoms with Crippen molar-refractivity contribution in [1.82, 2.24) is 0 Å². The van der Waals surface area contributed by atoms with Gasteiger partial charge in [-0.3, -0.25) is 4.79 Å². The Kier molecular flexibility index (Phi) is 5.36. The highest BCUT2D eigenvalue weighted by molar-refractivity contribution is 6.34. The first-order valence-corrected chi connectivity index (χ1v) is 8.24. The van der Waals surface area contributed by atoms with Gasteiger partial charge in [0.05, 0.1) is 13.2 Å². The van der Waals surface area contributed by atoms with Crippen molar-refractivity contribution in [3.05, 3.63) is 53.6 Å². The van der Waals surface area contributed by atoms with Crippen molar-refractivity contribution in [2.24, 2.45) is 0 Å². The summed E-state index contributed by atoms with van der Waals surface area (Å²) in [6.07, 6.45) is 1.86. The highest BCUT2D eigenvalue weighted by Crippen LogP contribution is 2.34. The Balaban J connectivity index is 1.90. The summed E-state index contributed by atoms with van der Waals surface area (Å²) in [6.45, 7) is 3.41. The van der Waals surface area contributed by atoms with Crippen LogP contribution >= 0.6 is 0 Å². The molecule has 0 bridgehead atoms. The van der Waals surface area contributed by atoms with E-state index in [1.165, 1.54) is 0 Å². The van der Waals surface area contributed by atoms with Crippen LogP contribution in [0.15, 0.2) is 42.5 Å². The second kappa shape index (κ2) is 7.85. The minimum atomic E-state index is -0.0976. The minimum Gasteiger partial charge on any atom is -0.490 e. The molecule has 1 heterocycles. The van der Waals surface area contributed by atoms with Crippen LogP contribution in [0.3, 0.4) is 0 Å². The summed E-state index contributed by atoms with van der Waals surface area (Å²) < 4.78 is 16.4. The second-order valence-corrected chi connectivity index (χ2v) is 5.54. The molecule has 0 saturated carbocycles. The van der Waals surface area contributed by atoms with E-state index in [0.29, 0.717) is 36.9 Å². The fourth-order valence-electron chi connectivity index (χ4n) is 2.69. The molecule has 25 heavy (non-hydrogen) atoms. The molecule has 0 radical (unpaired) electrons. The van der Waals surface area contributed by atoms with Gasteiger partial charge in [-0.15, -0.1) is 0 Å². The summed E-state index contributed by atoms with van der Waals surface area (Å²) in [7, 11) is 1.63. The largest absolute Gasteiger partial charge is 0.490 e. The van der Waals surface area contributed by atoms with E-state index in [2.05, 4.69) is 5.32 Å². The highest BCUT2D eigenvalue weighted by Gasteiger charge is 2.23. The second-order valence-electron chi connectivity index (χ2n) is 5.54. The lowest BCUT2D eigenvalue weighted by molar-refractivity contribution is -0.110. The lowest BCUT2D eigenvalue weighted by Crippen LogP contribution is -2.06. The van der Waals surface area contributed by atoms with Crippen molar-refractivity contribution < 1.29 is 19.0 Å². The molecule has 0 saturated heterocycles. The molecule has 0 aliphatic carbocycles. The molecular formula is C20H21NO4. The number of fused-ring (bicyclic) bond motifs is 1. The van der Waals surface area contributed by atoms with Crippen molar-refractivity contribution in [2.45, 2.75) is 6.92 Å². The van der Waals surface area contributed by atoms with E-state index < -0.39 is 0 Å². The number of carbonyl (C=O) groups is 1. The van der Waals surface area contributed by atoms with Crippen molar-refractivity contribution in [3.63, 3.8) is 0 Å². The molecule has 0 fully saturated rings. The molecular weight excluding hydrogens is 318 g/mol. The predicted octanol–water partition coefficient (Wildman–Crippen LogP) is 3.60. The number of benzene rings is 2. The Hall–Kier alpha value is -2.79. The van der Waals surface area contributed by atoms with Gasteiger partial charge in [-0.25, -0.2) is 0 Å². The number of amides is 1. The van der Waals surface area contributed by atoms with E-state index in [4.69, 9.17) is 14.2 Å². The molecule has 0 unspecified atom stereocenters. The molecule has 5 nitrogen and oxygen atoms in total. The molecule has 130 valence electrons. The summed E-state index contributed by atoms with van der Waals surface area (Å²) >= 11 is 0. The molecule has 1 aliphatic heterocycles. The van der Waals surface area contributed by atoms with Gasteiger partial charge in [0.15, 0.2) is 11.5 Å². The van der Waals surface area contributed by atoms with E-state index in [1.807, 2.05) is 55.5 Å². The van der Waals surface area contributed by atoms with Gasteiger partial charge >= 0.3 is 0 Å². The lowest BCUT2D eigenvalue weighted by atomic mass is 10.0. The number of nitrogens with one attached hydrogen (secondary N) is 1. The number of carbonyl (C=O) groups excluding carboxylic acids is 1. The normalized spacial score (nSPS) is 14.3. The summed E-state index contributed by atoms with van der Waals surface area (Å²) in [4.78, 5) is 12.2. The first-order valence-electron chi connectivity index (χ1n) is 8.24. The van der Waals surface area contributed by atoms with Gasteiger partial charge < -0.3 is 19.5 Å². The fraction of sp³-hybridized carbons (Fsp3) is 0.250. The molecule has 2 aromatic carbocycles. The van der Waals surface area contributed by atoms with Crippen LogP contribution in [-0.4, -0.2) is 32.8 Å². The van der Waals surface area contributed by atoms with Gasteiger partial charge in [-0.2, -0.15) is 0 Å². The summed E-state index contributed by atoms with van der Waals surface area (Å²) in [5, 5.41) is 2.88. The molecule has 0 spiro atoms. The van der Waals surface area contributed by atoms with Gasteiger partial charge in [0.25, 0.3) is 5.91 Å². The molecule has 2 aromatic rings. The molecule has 0 aromatic heterocycles. The van der Waals surface area contributed by atoms with Crippen LogP contribution in [0.1, 0.15) is 18.1 Å². The third kappa shape index (κ3) is 3.83. The Bertz CT molecular complexity index is 798. The van der Waals surface area contributed by atoms with E-state index in [9.17, 15) is 4.79 Å². The average molecular weight is 339 g/mol. The maximum absolute atomic E-state index is 12.2. The average Bonchev–Trinajstić information content (AvgIpc) is 2.93. The van der Waals surface area contributed by atoms with Crippen LogP contribution in [0.5, 0.6) is 11.5 Å². The zero-order chi connectivity index (χ0) is 17.6. The molecule has 1 N–H and O–H groups in total. The van der Waals surface area contributed by atoms with E-state index in [0.717, 1.165) is 16.8 Å². The number of para-hydroxylation sites is 1. The van der Waals surface area contributed by atoms with E-state index in [1.54, 1.807) is 7.11 Å². The number of rotatable bonds is 7. The molecule has 1 amide bonds. The highest BCUT2D eigenvalue weighted by atomic mass is 16.5. The van der Waals surface area contributed by atoms with E-state index >= 15 is 0 Å². The predicted molar refractivity (Wildman–Crippen MR) is 97.9 cm³/mol. The zero-order valence-corrected chi connectivity index (χ0v) is 14.4. The number of ether oxygens (including phenoxy) is 3. The molecule has 5 heteroatoms. The van der Waals surface area contributed by atoms with Crippen molar-refractivity contribution in [3.8, 4) is 11.5 Å². The summed E-state index contributed by atoms with van der Waals surface area (Å²) in [6, 6.07) is 13.3. The van der Waals surface area contributed by atoms with Gasteiger partial charge in [0.1, 0.15) is 6.61 Å². The van der Waals surface area contributed by atoms with Crippen molar-refractivity contribution in [1.29, 1.82) is 0 Å². The number of anilines is 1. The Labute approximate surface area is 147 Å². The zero-order valence-electron chi connectivity index (χ0n) is 14.4. The monoisotopic (exact) mass is 339 g/mol. The molecule has 0 atom stereocenters. The van der Waals surface area contributed by atoms with Crippen LogP contribution < -0.4 is 14.8 Å². The SMILES string of the molecule is CCOc1cc(/C=C2/C(=O)Nc3ccccc32)ccc1OCCOC. The standard InChI is InChI=1S/C20H21NO4/c1-3-24-19-13-14(8-9-18(19)25-11-10-23-2)12-16-15-6-4-5-7-17(15)21-20(16)22/h4-9,12-13H,3,10-11H2,1-2H3,(H,21,22)/b16-12+. The number of hydrogen-bond acceptors (Lipinski definition) is 4. The smallest absolute Gasteiger partial charge is 0.256 e. The fourth-order valence-corrected chi connectivity index (χ4v) is 2.69. The first kappa shape index (κ1) is 17.0. The quantitative estimate of drug-likeness (QED) is 0.618. The Morgan fingerprint density at radius 1 is 1.04 bits per heavy atom. The number of methoxy groups -OCH3 is 1. The van der Waals surface area contributed by atoms with Crippen molar-refractivity contribution >= 4 is 23.2 Å². The summed E-state index contributed by atoms with van der Waals surface area (Å²) in [5.74, 6) is 1.22. The van der Waals surface area contributed by atoms with Gasteiger partial charge in [0, 0.05) is 23.9 Å². The van der Waals surface area contributed by atoms with Crippen LogP contribution in [0, 0.1) is 0 Å². The van der Waals surface area contributed by atoms with Gasteiger partial charge in [-0.1, -0.05) is 24.3 Å². The Morgan fingerprint density at radius 2 is 1.88 bits per heavy atom. The van der Waals surface area contributed by atoms with Crippen LogP contribution in [0.2, 0.25) is 0 Å². The van der Waals surface area contributed by atoms with Crippen LogP contribution in [0.25, 0.3) is 11.6 Å². The van der Waals surface area contributed by atoms with Gasteiger partial charge in [-0.05, 0) is 36.8 Å². The summed E-state index contributed by atoms with van der Waals surface area (Å²) in [5.41, 5.74) is 3.27. The third-order valence-corrected chi connectivity index (χ3v) is 3.83. The molecule has 3 rings (SSSR count). The number of hydrogen-bond donors (Lipinski definition) is 1. The maximum atomic E-state index is 12.2. The molecule has 1 aliphatic rings. The minimum absolute atomic E-state index is 0.0976. The third-order valence-electron chi connectivity index (χ3n) is 3.83. The Morgan fingerprint density at radius 3 is 2.68 bits per heavy atom. The van der Waals surface area contributed by atoms with Gasteiger partial charge in [0.2, 0.25) is 0 Å². The van der Waals surface area contributed by atoms with Crippen LogP contribution in [-0.2, 0) is 9.53 Å². The lowest BCUT2D eigenvalue weighted by Gasteiger charge is -2.12. The van der Waals surface area contributed by atoms with Crippen molar-refractivity contribution in [2.75, 3.05) is 32.2 Å². The first-order chi connectivity index (χ1) is 12.2. The topological polar surface area (TPSA) is 56.8 Å². The van der Waals surface area contributed by atoms with Crippen LogP contribution in [0.4, 0.5) is 5.69 Å².